The molecule has 17 heavy (non-hydrogen) atoms. The van der Waals surface area contributed by atoms with Crippen molar-refractivity contribution in [1.29, 1.82) is 0 Å². The highest BCUT2D eigenvalue weighted by Crippen LogP contribution is 2.40. The van der Waals surface area contributed by atoms with Crippen LogP contribution < -0.4 is 5.73 Å². The van der Waals surface area contributed by atoms with Crippen LogP contribution in [0.15, 0.2) is 24.3 Å². The van der Waals surface area contributed by atoms with Gasteiger partial charge in [-0.2, -0.15) is 0 Å². The molecular formula is C16H25N. The SMILES string of the molecule is Cc1cccc(C2(N)CCCC(C(C)C)C2)c1. The number of aryl methyl sites for hydroxylation is 1. The minimum Gasteiger partial charge on any atom is -0.321 e. The van der Waals surface area contributed by atoms with Crippen molar-refractivity contribution in [3.8, 4) is 0 Å². The minimum absolute atomic E-state index is 0.0841. The quantitative estimate of drug-likeness (QED) is 0.818. The normalized spacial score (nSPS) is 29.6. The molecule has 2 rings (SSSR count). The standard InChI is InChI=1S/C16H25N/c1-12(2)14-7-5-9-16(17,11-14)15-8-4-6-13(3)10-15/h4,6,8,10,12,14H,5,7,9,11,17H2,1-3H3. The van der Waals surface area contributed by atoms with E-state index in [0.29, 0.717) is 0 Å². The van der Waals surface area contributed by atoms with Gasteiger partial charge in [0.2, 0.25) is 0 Å². The Morgan fingerprint density at radius 2 is 2.12 bits per heavy atom. The molecule has 2 N–H and O–H groups in total. The zero-order valence-electron chi connectivity index (χ0n) is 11.4. The third kappa shape index (κ3) is 2.71. The molecule has 1 aliphatic carbocycles. The summed E-state index contributed by atoms with van der Waals surface area (Å²) >= 11 is 0. The predicted molar refractivity (Wildman–Crippen MR) is 73.8 cm³/mol. The molecule has 0 heterocycles. The zero-order chi connectivity index (χ0) is 12.5. The maximum atomic E-state index is 6.68. The van der Waals surface area contributed by atoms with Gasteiger partial charge in [0, 0.05) is 5.54 Å². The third-order valence-corrected chi connectivity index (χ3v) is 4.36. The lowest BCUT2D eigenvalue weighted by molar-refractivity contribution is 0.184. The predicted octanol–water partition coefficient (Wildman–Crippen LogP) is 4.00. The molecule has 1 saturated carbocycles. The number of benzene rings is 1. The van der Waals surface area contributed by atoms with Crippen molar-refractivity contribution in [3.05, 3.63) is 35.4 Å². The van der Waals surface area contributed by atoms with Gasteiger partial charge in [-0.25, -0.2) is 0 Å². The van der Waals surface area contributed by atoms with Crippen molar-refractivity contribution in [2.75, 3.05) is 0 Å². The van der Waals surface area contributed by atoms with Crippen LogP contribution in [0.5, 0.6) is 0 Å². The van der Waals surface area contributed by atoms with Gasteiger partial charge < -0.3 is 5.73 Å². The molecule has 0 amide bonds. The summed E-state index contributed by atoms with van der Waals surface area (Å²) in [6.07, 6.45) is 4.91. The molecule has 0 aromatic heterocycles. The summed E-state index contributed by atoms with van der Waals surface area (Å²) in [5, 5.41) is 0. The molecule has 1 fully saturated rings. The molecule has 0 spiro atoms. The summed E-state index contributed by atoms with van der Waals surface area (Å²) in [5.41, 5.74) is 9.25. The Labute approximate surface area is 105 Å². The molecule has 1 aliphatic rings. The summed E-state index contributed by atoms with van der Waals surface area (Å²) in [7, 11) is 0. The average Bonchev–Trinajstić information content (AvgIpc) is 2.29. The number of rotatable bonds is 2. The second kappa shape index (κ2) is 4.81. The first kappa shape index (κ1) is 12.6. The summed E-state index contributed by atoms with van der Waals surface area (Å²) in [6, 6.07) is 8.76. The van der Waals surface area contributed by atoms with Gasteiger partial charge in [-0.15, -0.1) is 0 Å². The summed E-state index contributed by atoms with van der Waals surface area (Å²) in [6.45, 7) is 6.80. The first-order valence-electron chi connectivity index (χ1n) is 6.87. The largest absolute Gasteiger partial charge is 0.321 e. The average molecular weight is 231 g/mol. The molecular weight excluding hydrogens is 206 g/mol. The monoisotopic (exact) mass is 231 g/mol. The number of nitrogens with two attached hydrogens (primary N) is 1. The molecule has 1 aromatic carbocycles. The van der Waals surface area contributed by atoms with Crippen molar-refractivity contribution in [3.63, 3.8) is 0 Å². The van der Waals surface area contributed by atoms with Crippen molar-refractivity contribution in [2.24, 2.45) is 17.6 Å². The van der Waals surface area contributed by atoms with Crippen LogP contribution in [0.3, 0.4) is 0 Å². The molecule has 2 atom stereocenters. The Kier molecular flexibility index (Phi) is 3.58. The second-order valence-electron chi connectivity index (χ2n) is 6.13. The Balaban J connectivity index is 2.23. The molecule has 0 saturated heterocycles. The Morgan fingerprint density at radius 1 is 1.35 bits per heavy atom. The molecule has 94 valence electrons. The smallest absolute Gasteiger partial charge is 0.0412 e. The van der Waals surface area contributed by atoms with Gasteiger partial charge >= 0.3 is 0 Å². The van der Waals surface area contributed by atoms with E-state index >= 15 is 0 Å². The Bertz CT molecular complexity index is 383. The van der Waals surface area contributed by atoms with Gasteiger partial charge in [0.05, 0.1) is 0 Å². The highest BCUT2D eigenvalue weighted by Gasteiger charge is 2.35. The number of hydrogen-bond acceptors (Lipinski definition) is 1. The van der Waals surface area contributed by atoms with E-state index in [9.17, 15) is 0 Å². The van der Waals surface area contributed by atoms with Crippen molar-refractivity contribution < 1.29 is 0 Å². The van der Waals surface area contributed by atoms with Crippen molar-refractivity contribution in [1.82, 2.24) is 0 Å². The van der Waals surface area contributed by atoms with E-state index in [2.05, 4.69) is 45.0 Å². The van der Waals surface area contributed by atoms with Crippen LogP contribution in [0.2, 0.25) is 0 Å². The van der Waals surface area contributed by atoms with Crippen molar-refractivity contribution >= 4 is 0 Å². The fourth-order valence-electron chi connectivity index (χ4n) is 3.14. The first-order valence-corrected chi connectivity index (χ1v) is 6.87. The Morgan fingerprint density at radius 3 is 2.76 bits per heavy atom. The van der Waals surface area contributed by atoms with E-state index in [1.54, 1.807) is 0 Å². The highest BCUT2D eigenvalue weighted by atomic mass is 14.8. The first-order chi connectivity index (χ1) is 8.01. The van der Waals surface area contributed by atoms with Gasteiger partial charge in [-0.05, 0) is 37.2 Å². The molecule has 1 aromatic rings. The highest BCUT2D eigenvalue weighted by molar-refractivity contribution is 5.29. The van der Waals surface area contributed by atoms with Gasteiger partial charge in [0.1, 0.15) is 0 Å². The van der Waals surface area contributed by atoms with Gasteiger partial charge in [-0.1, -0.05) is 56.5 Å². The minimum atomic E-state index is -0.0841. The van der Waals surface area contributed by atoms with E-state index < -0.39 is 0 Å². The maximum absolute atomic E-state index is 6.68. The zero-order valence-corrected chi connectivity index (χ0v) is 11.4. The number of hydrogen-bond donors (Lipinski definition) is 1. The fourth-order valence-corrected chi connectivity index (χ4v) is 3.14. The van der Waals surface area contributed by atoms with Crippen LogP contribution in [0.1, 0.15) is 50.7 Å². The van der Waals surface area contributed by atoms with Crippen LogP contribution in [0.25, 0.3) is 0 Å². The van der Waals surface area contributed by atoms with Gasteiger partial charge in [0.25, 0.3) is 0 Å². The van der Waals surface area contributed by atoms with E-state index in [1.165, 1.54) is 24.0 Å². The second-order valence-corrected chi connectivity index (χ2v) is 6.13. The molecule has 2 unspecified atom stereocenters. The van der Waals surface area contributed by atoms with Crippen LogP contribution in [-0.2, 0) is 5.54 Å². The Hall–Kier alpha value is -0.820. The fraction of sp³-hybridized carbons (Fsp3) is 0.625. The van der Waals surface area contributed by atoms with E-state index in [0.717, 1.165) is 24.7 Å². The van der Waals surface area contributed by atoms with Crippen LogP contribution >= 0.6 is 0 Å². The van der Waals surface area contributed by atoms with E-state index in [-0.39, 0.29) is 5.54 Å². The topological polar surface area (TPSA) is 26.0 Å². The lowest BCUT2D eigenvalue weighted by Crippen LogP contribution is -2.42. The maximum Gasteiger partial charge on any atom is 0.0412 e. The van der Waals surface area contributed by atoms with Crippen LogP contribution in [0.4, 0.5) is 0 Å². The molecule has 0 aliphatic heterocycles. The molecule has 1 heteroatoms. The summed E-state index contributed by atoms with van der Waals surface area (Å²) < 4.78 is 0. The van der Waals surface area contributed by atoms with E-state index in [1.807, 2.05) is 0 Å². The van der Waals surface area contributed by atoms with Crippen LogP contribution in [0, 0.1) is 18.8 Å². The van der Waals surface area contributed by atoms with Crippen LogP contribution in [-0.4, -0.2) is 0 Å². The van der Waals surface area contributed by atoms with Crippen molar-refractivity contribution in [2.45, 2.75) is 52.0 Å². The third-order valence-electron chi connectivity index (χ3n) is 4.36. The summed E-state index contributed by atoms with van der Waals surface area (Å²) in [5.74, 6) is 1.54. The lowest BCUT2D eigenvalue weighted by Gasteiger charge is -2.40. The van der Waals surface area contributed by atoms with Gasteiger partial charge in [-0.3, -0.25) is 0 Å². The van der Waals surface area contributed by atoms with Gasteiger partial charge in [0.15, 0.2) is 0 Å². The molecule has 0 bridgehead atoms. The van der Waals surface area contributed by atoms with E-state index in [4.69, 9.17) is 5.73 Å². The molecule has 0 radical (unpaired) electrons. The lowest BCUT2D eigenvalue weighted by atomic mass is 9.69. The summed E-state index contributed by atoms with van der Waals surface area (Å²) in [4.78, 5) is 0. The molecule has 1 nitrogen and oxygen atoms in total.